The maximum absolute atomic E-state index is 11.6. The van der Waals surface area contributed by atoms with Crippen molar-refractivity contribution in [1.29, 1.82) is 0 Å². The van der Waals surface area contributed by atoms with Crippen molar-refractivity contribution in [3.05, 3.63) is 60.8 Å². The molecule has 0 radical (unpaired) electrons. The van der Waals surface area contributed by atoms with E-state index in [4.69, 9.17) is 14.6 Å². The molecule has 2 aliphatic heterocycles. The Hall–Kier alpha value is -3.69. The molecule has 1 aromatic heterocycles. The van der Waals surface area contributed by atoms with Crippen molar-refractivity contribution in [2.45, 2.75) is 12.5 Å². The number of aromatic nitrogens is 2. The van der Waals surface area contributed by atoms with Crippen LogP contribution in [0.4, 0.5) is 17.3 Å². The quantitative estimate of drug-likeness (QED) is 0.538. The Balaban J connectivity index is 1.20. The SMILES string of the molecule is O=C(CO)N1CC[C@@H](Oc2ccc(-c3ccnc(Nc4ccc(N5CCOCC5)cc4)n3)cc2)C1. The van der Waals surface area contributed by atoms with Crippen LogP contribution in [0.3, 0.4) is 0 Å². The number of nitrogens with one attached hydrogen (secondary N) is 1. The van der Waals surface area contributed by atoms with Crippen LogP contribution in [0.15, 0.2) is 60.8 Å². The zero-order valence-corrected chi connectivity index (χ0v) is 19.5. The maximum atomic E-state index is 11.6. The van der Waals surface area contributed by atoms with Gasteiger partial charge >= 0.3 is 0 Å². The van der Waals surface area contributed by atoms with Gasteiger partial charge in [0.1, 0.15) is 18.5 Å². The van der Waals surface area contributed by atoms with Crippen LogP contribution in [-0.4, -0.2) is 78.0 Å². The zero-order chi connectivity index (χ0) is 24.0. The molecular weight excluding hydrogens is 446 g/mol. The van der Waals surface area contributed by atoms with Crippen molar-refractivity contribution in [3.63, 3.8) is 0 Å². The number of nitrogens with zero attached hydrogens (tertiary/aromatic N) is 4. The average molecular weight is 476 g/mol. The molecule has 2 N–H and O–H groups in total. The lowest BCUT2D eigenvalue weighted by atomic mass is 10.1. The van der Waals surface area contributed by atoms with Crippen LogP contribution in [0.1, 0.15) is 6.42 Å². The molecule has 3 heterocycles. The molecule has 35 heavy (non-hydrogen) atoms. The molecule has 0 bridgehead atoms. The van der Waals surface area contributed by atoms with Crippen LogP contribution in [0.25, 0.3) is 11.3 Å². The first-order valence-electron chi connectivity index (χ1n) is 11.9. The van der Waals surface area contributed by atoms with E-state index < -0.39 is 6.61 Å². The number of hydrogen-bond acceptors (Lipinski definition) is 8. The van der Waals surface area contributed by atoms with Gasteiger partial charge in [0.25, 0.3) is 0 Å². The summed E-state index contributed by atoms with van der Waals surface area (Å²) in [5, 5.41) is 12.3. The van der Waals surface area contributed by atoms with Gasteiger partial charge in [0, 0.05) is 49.2 Å². The lowest BCUT2D eigenvalue weighted by Crippen LogP contribution is -2.36. The molecule has 1 amide bonds. The third kappa shape index (κ3) is 5.70. The second kappa shape index (κ2) is 10.7. The third-order valence-electron chi connectivity index (χ3n) is 6.24. The normalized spacial score (nSPS) is 17.9. The highest BCUT2D eigenvalue weighted by Gasteiger charge is 2.27. The second-order valence-electron chi connectivity index (χ2n) is 8.59. The summed E-state index contributed by atoms with van der Waals surface area (Å²) in [6.07, 6.45) is 2.42. The first-order chi connectivity index (χ1) is 17.2. The van der Waals surface area contributed by atoms with Crippen LogP contribution in [0.2, 0.25) is 0 Å². The fourth-order valence-corrected chi connectivity index (χ4v) is 4.33. The third-order valence-corrected chi connectivity index (χ3v) is 6.24. The van der Waals surface area contributed by atoms with Crippen LogP contribution in [-0.2, 0) is 9.53 Å². The number of carbonyl (C=O) groups is 1. The summed E-state index contributed by atoms with van der Waals surface area (Å²) in [5.74, 6) is 1.01. The molecule has 2 fully saturated rings. The van der Waals surface area contributed by atoms with E-state index in [1.165, 1.54) is 5.69 Å². The molecule has 1 atom stereocenters. The van der Waals surface area contributed by atoms with Crippen LogP contribution in [0, 0.1) is 0 Å². The summed E-state index contributed by atoms with van der Waals surface area (Å²) in [7, 11) is 0. The molecule has 3 aromatic rings. The van der Waals surface area contributed by atoms with Crippen LogP contribution < -0.4 is 15.0 Å². The van der Waals surface area contributed by atoms with Crippen molar-refractivity contribution >= 4 is 23.2 Å². The lowest BCUT2D eigenvalue weighted by molar-refractivity contribution is -0.133. The average Bonchev–Trinajstić information content (AvgIpc) is 3.38. The number of anilines is 3. The molecule has 5 rings (SSSR count). The van der Waals surface area contributed by atoms with Crippen molar-refractivity contribution in [2.75, 3.05) is 56.2 Å². The molecule has 2 saturated heterocycles. The van der Waals surface area contributed by atoms with E-state index in [0.29, 0.717) is 19.0 Å². The number of amides is 1. The summed E-state index contributed by atoms with van der Waals surface area (Å²) in [6, 6.07) is 17.9. The molecule has 0 aliphatic carbocycles. The van der Waals surface area contributed by atoms with Gasteiger partial charge in [-0.1, -0.05) is 0 Å². The van der Waals surface area contributed by atoms with E-state index in [-0.39, 0.29) is 12.0 Å². The lowest BCUT2D eigenvalue weighted by Gasteiger charge is -2.28. The molecular formula is C26H29N5O4. The van der Waals surface area contributed by atoms with E-state index in [0.717, 1.165) is 55.4 Å². The van der Waals surface area contributed by atoms with Crippen LogP contribution in [0.5, 0.6) is 5.75 Å². The van der Waals surface area contributed by atoms with Gasteiger partial charge in [-0.3, -0.25) is 4.79 Å². The largest absolute Gasteiger partial charge is 0.489 e. The van der Waals surface area contributed by atoms with Gasteiger partial charge < -0.3 is 29.7 Å². The van der Waals surface area contributed by atoms with E-state index in [9.17, 15) is 4.79 Å². The van der Waals surface area contributed by atoms with Gasteiger partial charge in [-0.15, -0.1) is 0 Å². The van der Waals surface area contributed by atoms with Gasteiger partial charge in [0.15, 0.2) is 0 Å². The highest BCUT2D eigenvalue weighted by Crippen LogP contribution is 2.25. The topological polar surface area (TPSA) is 100 Å². The van der Waals surface area contributed by atoms with Crippen molar-refractivity contribution < 1.29 is 19.4 Å². The summed E-state index contributed by atoms with van der Waals surface area (Å²) < 4.78 is 11.4. The molecule has 182 valence electrons. The van der Waals surface area contributed by atoms with Gasteiger partial charge in [-0.05, 0) is 54.6 Å². The van der Waals surface area contributed by atoms with Gasteiger partial charge in [-0.25, -0.2) is 9.97 Å². The Morgan fingerprint density at radius 2 is 1.83 bits per heavy atom. The number of ether oxygens (including phenoxy) is 2. The predicted octanol–water partition coefficient (Wildman–Crippen LogP) is 2.70. The van der Waals surface area contributed by atoms with Crippen molar-refractivity contribution in [2.24, 2.45) is 0 Å². The molecule has 9 heteroatoms. The van der Waals surface area contributed by atoms with E-state index in [1.807, 2.05) is 42.5 Å². The first-order valence-corrected chi connectivity index (χ1v) is 11.9. The van der Waals surface area contributed by atoms with Crippen molar-refractivity contribution in [1.82, 2.24) is 14.9 Å². The first kappa shape index (κ1) is 23.1. The van der Waals surface area contributed by atoms with Crippen LogP contribution >= 0.6 is 0 Å². The molecule has 2 aliphatic rings. The summed E-state index contributed by atoms with van der Waals surface area (Å²) in [5.41, 5.74) is 3.86. The highest BCUT2D eigenvalue weighted by atomic mass is 16.5. The number of benzene rings is 2. The molecule has 0 unspecified atom stereocenters. The number of aliphatic hydroxyl groups excluding tert-OH is 1. The second-order valence-corrected chi connectivity index (χ2v) is 8.59. The van der Waals surface area contributed by atoms with Gasteiger partial charge in [-0.2, -0.15) is 0 Å². The van der Waals surface area contributed by atoms with Crippen molar-refractivity contribution in [3.8, 4) is 17.0 Å². The number of morpholine rings is 1. The smallest absolute Gasteiger partial charge is 0.248 e. The minimum absolute atomic E-state index is 0.0687. The molecule has 0 spiro atoms. The number of carbonyl (C=O) groups excluding carboxylic acids is 1. The van der Waals surface area contributed by atoms with Gasteiger partial charge in [0.2, 0.25) is 11.9 Å². The fourth-order valence-electron chi connectivity index (χ4n) is 4.33. The standard InChI is InChI=1S/C26H29N5O4/c32-18-25(33)31-12-10-23(17-31)35-22-7-1-19(2-8-22)24-9-11-27-26(29-24)28-20-3-5-21(6-4-20)30-13-15-34-16-14-30/h1-9,11,23,32H,10,12-18H2,(H,27,28,29)/t23-/m1/s1. The van der Waals surface area contributed by atoms with E-state index >= 15 is 0 Å². The van der Waals surface area contributed by atoms with Gasteiger partial charge in [0.05, 0.1) is 25.5 Å². The van der Waals surface area contributed by atoms with E-state index in [1.54, 1.807) is 11.1 Å². The van der Waals surface area contributed by atoms with E-state index in [2.05, 4.69) is 32.3 Å². The Morgan fingerprint density at radius 3 is 2.57 bits per heavy atom. The Bertz CT molecular complexity index is 1130. The monoisotopic (exact) mass is 475 g/mol. The number of aliphatic hydroxyl groups is 1. The summed E-state index contributed by atoms with van der Waals surface area (Å²) in [6.45, 7) is 3.98. The Kier molecular flexibility index (Phi) is 7.06. The zero-order valence-electron chi connectivity index (χ0n) is 19.5. The minimum atomic E-state index is -0.461. The predicted molar refractivity (Wildman–Crippen MR) is 133 cm³/mol. The summed E-state index contributed by atoms with van der Waals surface area (Å²) >= 11 is 0. The minimum Gasteiger partial charge on any atom is -0.489 e. The highest BCUT2D eigenvalue weighted by molar-refractivity contribution is 5.77. The number of rotatable bonds is 7. The number of likely N-dealkylation sites (tertiary alicyclic amines) is 1. The Labute approximate surface area is 204 Å². The molecule has 9 nitrogen and oxygen atoms in total. The fraction of sp³-hybridized carbons (Fsp3) is 0.346. The molecule has 0 saturated carbocycles. The maximum Gasteiger partial charge on any atom is 0.248 e. The molecule has 2 aromatic carbocycles. The Morgan fingerprint density at radius 1 is 1.06 bits per heavy atom. The number of hydrogen-bond donors (Lipinski definition) is 2. The summed E-state index contributed by atoms with van der Waals surface area (Å²) in [4.78, 5) is 24.6.